The number of carbonyl (C=O) groups is 6. The van der Waals surface area contributed by atoms with Crippen molar-refractivity contribution in [3.63, 3.8) is 0 Å². The Balaban J connectivity index is 0.958. The molecule has 2 aliphatic rings. The van der Waals surface area contributed by atoms with Gasteiger partial charge in [-0.05, 0) is 97.1 Å². The molecule has 0 N–H and O–H groups in total. The topological polar surface area (TPSA) is 176 Å². The average Bonchev–Trinajstić information content (AvgIpc) is 3.78. The number of esters is 6. The number of rotatable bonds is 12. The third-order valence-corrected chi connectivity index (χ3v) is 8.03. The Bertz CT molecular complexity index is 1920. The van der Waals surface area contributed by atoms with Gasteiger partial charge in [-0.25, -0.2) is 28.8 Å². The van der Waals surface area contributed by atoms with Gasteiger partial charge >= 0.3 is 35.8 Å². The van der Waals surface area contributed by atoms with Crippen molar-refractivity contribution >= 4 is 35.8 Å². The Kier molecular flexibility index (Phi) is 11.4. The van der Waals surface area contributed by atoms with E-state index in [2.05, 4.69) is 13.2 Å². The summed E-state index contributed by atoms with van der Waals surface area (Å²) in [6.45, 7) is 6.67. The highest BCUT2D eigenvalue weighted by Crippen LogP contribution is 2.32. The maximum Gasteiger partial charge on any atom is 0.343 e. The minimum Gasteiger partial charge on any atom is -0.453 e. The Hall–Kier alpha value is -6.90. The molecule has 0 amide bonds. The van der Waals surface area contributed by atoms with E-state index in [0.717, 1.165) is 12.2 Å². The monoisotopic (exact) mass is 734 g/mol. The van der Waals surface area contributed by atoms with Crippen LogP contribution in [0.25, 0.3) is 0 Å². The predicted molar refractivity (Wildman–Crippen MR) is 185 cm³/mol. The normalized spacial score (nSPS) is 18.3. The van der Waals surface area contributed by atoms with Crippen molar-refractivity contribution in [1.29, 1.82) is 0 Å². The second-order valence-corrected chi connectivity index (χ2v) is 11.6. The fourth-order valence-electron chi connectivity index (χ4n) is 5.33. The molecule has 0 aliphatic carbocycles. The summed E-state index contributed by atoms with van der Waals surface area (Å²) in [6, 6.07) is 23.0. The lowest BCUT2D eigenvalue weighted by Gasteiger charge is -2.17. The zero-order valence-corrected chi connectivity index (χ0v) is 28.2. The Morgan fingerprint density at radius 2 is 0.722 bits per heavy atom. The maximum absolute atomic E-state index is 12.9. The molecule has 0 aromatic heterocycles. The number of hydrogen-bond acceptors (Lipinski definition) is 14. The lowest BCUT2D eigenvalue weighted by Crippen LogP contribution is -2.36. The molecular weight excluding hydrogens is 704 g/mol. The molecule has 4 aromatic carbocycles. The number of hydrogen-bond donors (Lipinski definition) is 0. The highest BCUT2D eigenvalue weighted by molar-refractivity contribution is 5.93. The molecule has 2 aliphatic heterocycles. The Morgan fingerprint density at radius 3 is 1.02 bits per heavy atom. The van der Waals surface area contributed by atoms with Crippen LogP contribution in [0.4, 0.5) is 0 Å². The van der Waals surface area contributed by atoms with Gasteiger partial charge in [-0.15, -0.1) is 0 Å². The van der Waals surface area contributed by atoms with Gasteiger partial charge in [0.05, 0.1) is 35.5 Å². The number of ether oxygens (including phenoxy) is 8. The molecule has 4 aromatic rings. The summed E-state index contributed by atoms with van der Waals surface area (Å²) in [6.07, 6.45) is -0.864. The summed E-state index contributed by atoms with van der Waals surface area (Å²) in [5.74, 6) is -3.09. The van der Waals surface area contributed by atoms with Crippen LogP contribution in [0.15, 0.2) is 122 Å². The van der Waals surface area contributed by atoms with Crippen LogP contribution in [0.3, 0.4) is 0 Å². The van der Waals surface area contributed by atoms with Crippen LogP contribution in [-0.4, -0.2) is 73.4 Å². The summed E-state index contributed by atoms with van der Waals surface area (Å²) in [4.78, 5) is 73.6. The maximum atomic E-state index is 12.9. The van der Waals surface area contributed by atoms with Gasteiger partial charge in [-0.2, -0.15) is 0 Å². The van der Waals surface area contributed by atoms with Crippen LogP contribution in [-0.2, 0) is 28.5 Å². The number of fused-ring (bicyclic) bond motifs is 1. The lowest BCUT2D eigenvalue weighted by molar-refractivity contribution is -0.129. The highest BCUT2D eigenvalue weighted by Gasteiger charge is 2.51. The van der Waals surface area contributed by atoms with Crippen molar-refractivity contribution in [2.75, 3.05) is 13.2 Å². The van der Waals surface area contributed by atoms with Crippen LogP contribution in [0.1, 0.15) is 41.4 Å². The van der Waals surface area contributed by atoms with Crippen molar-refractivity contribution < 1.29 is 66.7 Å². The first kappa shape index (κ1) is 36.9. The minimum atomic E-state index is -0.773. The van der Waals surface area contributed by atoms with Crippen LogP contribution in [0.5, 0.6) is 23.0 Å². The number of carbonyl (C=O) groups excluding carboxylic acids is 6. The fraction of sp³-hybridized carbons (Fsp3) is 0.150. The van der Waals surface area contributed by atoms with Gasteiger partial charge in [0.2, 0.25) is 0 Å². The van der Waals surface area contributed by atoms with E-state index < -0.39 is 60.2 Å². The molecule has 4 atom stereocenters. The molecular formula is C40H30O14. The standard InChI is InChI=1S/C40H30O14/c1-3-33(41)49-27-13-5-23(6-14-27)37(43)51-29-17-9-25(10-18-29)39(45)53-31-21-47-36-32(22-48-35(31)36)54-40(46)26-11-19-30(20-12-26)52-38(44)24-7-15-28(16-8-24)50-34(42)4-2/h3-20,31-32,35-36H,1-2,21-22H2. The molecule has 274 valence electrons. The molecule has 0 spiro atoms. The second kappa shape index (κ2) is 16.6. The summed E-state index contributed by atoms with van der Waals surface area (Å²) in [5.41, 5.74) is 0.791. The smallest absolute Gasteiger partial charge is 0.343 e. The molecule has 0 saturated carbocycles. The third kappa shape index (κ3) is 8.93. The van der Waals surface area contributed by atoms with E-state index in [1.165, 1.54) is 97.1 Å². The van der Waals surface area contributed by atoms with Gasteiger partial charge in [-0.1, -0.05) is 13.2 Å². The average molecular weight is 735 g/mol. The third-order valence-electron chi connectivity index (χ3n) is 8.03. The van der Waals surface area contributed by atoms with Gasteiger partial charge in [0, 0.05) is 12.2 Å². The Labute approximate surface area is 307 Å². The fourth-order valence-corrected chi connectivity index (χ4v) is 5.33. The SMILES string of the molecule is C=CC(=O)Oc1ccc(C(=O)Oc2ccc(C(=O)OC3COC4C(OC(=O)c5ccc(OC(=O)c6ccc(OC(=O)C=C)cc6)cc5)COC34)cc2)cc1. The summed E-state index contributed by atoms with van der Waals surface area (Å²) in [7, 11) is 0. The van der Waals surface area contributed by atoms with Crippen molar-refractivity contribution in [2.45, 2.75) is 24.4 Å². The van der Waals surface area contributed by atoms with E-state index in [4.69, 9.17) is 37.9 Å². The summed E-state index contributed by atoms with van der Waals surface area (Å²) >= 11 is 0. The van der Waals surface area contributed by atoms with E-state index in [1.54, 1.807) is 0 Å². The van der Waals surface area contributed by atoms with E-state index in [-0.39, 0.29) is 58.5 Å². The molecule has 4 unspecified atom stereocenters. The van der Waals surface area contributed by atoms with E-state index in [0.29, 0.717) is 0 Å². The van der Waals surface area contributed by atoms with Crippen LogP contribution < -0.4 is 18.9 Å². The zero-order valence-electron chi connectivity index (χ0n) is 28.2. The summed E-state index contributed by atoms with van der Waals surface area (Å²) < 4.78 is 43.6. The molecule has 14 nitrogen and oxygen atoms in total. The Morgan fingerprint density at radius 1 is 0.444 bits per heavy atom. The zero-order chi connectivity index (χ0) is 38.2. The first-order valence-corrected chi connectivity index (χ1v) is 16.3. The van der Waals surface area contributed by atoms with Crippen LogP contribution >= 0.6 is 0 Å². The minimum absolute atomic E-state index is 0.0131. The van der Waals surface area contributed by atoms with Gasteiger partial charge in [0.1, 0.15) is 35.2 Å². The second-order valence-electron chi connectivity index (χ2n) is 11.6. The van der Waals surface area contributed by atoms with Crippen LogP contribution in [0.2, 0.25) is 0 Å². The molecule has 2 heterocycles. The molecule has 14 heteroatoms. The first-order chi connectivity index (χ1) is 26.1. The number of benzene rings is 4. The van der Waals surface area contributed by atoms with E-state index in [1.807, 2.05) is 0 Å². The lowest BCUT2D eigenvalue weighted by atomic mass is 10.1. The first-order valence-electron chi connectivity index (χ1n) is 16.3. The van der Waals surface area contributed by atoms with Crippen LogP contribution in [0, 0.1) is 0 Å². The molecule has 6 rings (SSSR count). The van der Waals surface area contributed by atoms with Crippen molar-refractivity contribution in [3.05, 3.63) is 145 Å². The molecule has 2 saturated heterocycles. The molecule has 0 bridgehead atoms. The van der Waals surface area contributed by atoms with E-state index in [9.17, 15) is 28.8 Å². The quantitative estimate of drug-likeness (QED) is 0.110. The van der Waals surface area contributed by atoms with Crippen molar-refractivity contribution in [3.8, 4) is 23.0 Å². The molecule has 0 radical (unpaired) electrons. The summed E-state index contributed by atoms with van der Waals surface area (Å²) in [5, 5.41) is 0. The predicted octanol–water partition coefficient (Wildman–Crippen LogP) is 4.86. The van der Waals surface area contributed by atoms with Crippen molar-refractivity contribution in [1.82, 2.24) is 0 Å². The largest absolute Gasteiger partial charge is 0.453 e. The highest BCUT2D eigenvalue weighted by atomic mass is 16.7. The van der Waals surface area contributed by atoms with E-state index >= 15 is 0 Å². The van der Waals surface area contributed by atoms with Gasteiger partial charge in [0.25, 0.3) is 0 Å². The van der Waals surface area contributed by atoms with Gasteiger partial charge in [0.15, 0.2) is 12.2 Å². The van der Waals surface area contributed by atoms with Gasteiger partial charge in [-0.3, -0.25) is 0 Å². The van der Waals surface area contributed by atoms with Crippen molar-refractivity contribution in [2.24, 2.45) is 0 Å². The molecule has 2 fully saturated rings. The van der Waals surface area contributed by atoms with Gasteiger partial charge < -0.3 is 37.9 Å². The molecule has 54 heavy (non-hydrogen) atoms.